The monoisotopic (exact) mass is 708 g/mol. The van der Waals surface area contributed by atoms with Crippen molar-refractivity contribution in [3.05, 3.63) is 59.7 Å². The van der Waals surface area contributed by atoms with Crippen LogP contribution in [0, 0.1) is 0 Å². The highest BCUT2D eigenvalue weighted by atomic mass is 80.9. The highest BCUT2D eigenvalue weighted by molar-refractivity contribution is 9.93. The zero-order chi connectivity index (χ0) is 27.4. The normalized spacial score (nSPS) is 11.1. The third-order valence-corrected chi connectivity index (χ3v) is 4.04. The van der Waals surface area contributed by atoms with Crippen LogP contribution in [0.25, 0.3) is 0 Å². The van der Waals surface area contributed by atoms with E-state index in [0.29, 0.717) is 0 Å². The molecule has 0 spiro atoms. The summed E-state index contributed by atoms with van der Waals surface area (Å²) in [4.78, 5) is 22.1. The molecule has 4 nitrogen and oxygen atoms in total. The van der Waals surface area contributed by atoms with Crippen molar-refractivity contribution >= 4 is 55.8 Å². The van der Waals surface area contributed by atoms with Crippen LogP contribution in [0.15, 0.2) is 48.5 Å². The lowest BCUT2D eigenvalue weighted by atomic mass is 10.1. The zero-order valence-electron chi connectivity index (χ0n) is 17.3. The lowest BCUT2D eigenvalue weighted by Crippen LogP contribution is -2.33. The van der Waals surface area contributed by atoms with Gasteiger partial charge in [-0.1, -0.05) is 40.2 Å². The molecule has 0 saturated carbocycles. The van der Waals surface area contributed by atoms with Crippen molar-refractivity contribution < 1.29 is 54.2 Å². The van der Waals surface area contributed by atoms with E-state index in [2.05, 4.69) is 53.7 Å². The summed E-state index contributed by atoms with van der Waals surface area (Å²) in [5.74, 6) is -1.69. The molecule has 0 radical (unpaired) electrons. The number of ketones is 2. The quantitative estimate of drug-likeness (QED) is 0.149. The Balaban J connectivity index is 0.000000618. The van der Waals surface area contributed by atoms with Gasteiger partial charge in [0.2, 0.25) is 0 Å². The van der Waals surface area contributed by atoms with Gasteiger partial charge < -0.3 is 9.47 Å². The number of alkyl halides is 9. The average molecular weight is 711 g/mol. The Hall–Kier alpha value is -1.74. The standard InChI is InChI=1S/C10H7BrF4O2.C10H8F4O2.Br2/c11-5-8(16)6-2-1-3-7(4-6)17-10(14,15)9(12)13;1-6(15)7-3-2-4-8(5-7)16-10(13,14)9(11)12;1-2/h1-4,9H,5H2;2-5,9H,1H3;. The molecule has 2 aromatic rings. The van der Waals surface area contributed by atoms with Crippen molar-refractivity contribution in [1.29, 1.82) is 0 Å². The summed E-state index contributed by atoms with van der Waals surface area (Å²) in [6.07, 6.45) is -17.0. The smallest absolute Gasteiger partial charge is 0.428 e. The van der Waals surface area contributed by atoms with Crippen molar-refractivity contribution in [3.8, 4) is 11.5 Å². The van der Waals surface area contributed by atoms with E-state index in [1.807, 2.05) is 0 Å². The van der Waals surface area contributed by atoms with Crippen molar-refractivity contribution in [2.75, 3.05) is 5.33 Å². The maximum absolute atomic E-state index is 12.6. The van der Waals surface area contributed by atoms with Crippen LogP contribution in [0.2, 0.25) is 0 Å². The summed E-state index contributed by atoms with van der Waals surface area (Å²) in [6, 6.07) is 9.40. The molecule has 0 atom stereocenters. The number of ether oxygens (including phenoxy) is 2. The first-order chi connectivity index (χ1) is 16.2. The molecule has 0 saturated heterocycles. The van der Waals surface area contributed by atoms with Crippen LogP contribution in [0.3, 0.4) is 0 Å². The molecule has 2 rings (SSSR count). The molecule has 0 heterocycles. The van der Waals surface area contributed by atoms with Crippen LogP contribution >= 0.6 is 44.2 Å². The molecule has 0 aliphatic rings. The highest BCUT2D eigenvalue weighted by Crippen LogP contribution is 2.29. The molecule has 15 heteroatoms. The molecule has 0 aliphatic carbocycles. The number of hydrogen-bond acceptors (Lipinski definition) is 4. The van der Waals surface area contributed by atoms with E-state index in [9.17, 15) is 44.7 Å². The Morgan fingerprint density at radius 3 is 1.51 bits per heavy atom. The average Bonchev–Trinajstić information content (AvgIpc) is 2.80. The van der Waals surface area contributed by atoms with Gasteiger partial charge in [0.1, 0.15) is 11.5 Å². The maximum Gasteiger partial charge on any atom is 0.461 e. The van der Waals surface area contributed by atoms with Crippen molar-refractivity contribution in [3.63, 3.8) is 0 Å². The van der Waals surface area contributed by atoms with E-state index >= 15 is 0 Å². The molecule has 0 aliphatic heterocycles. The topological polar surface area (TPSA) is 52.6 Å². The van der Waals surface area contributed by atoms with Crippen LogP contribution in [0.5, 0.6) is 11.5 Å². The molecular formula is C20H15Br3F8O4. The van der Waals surface area contributed by atoms with Gasteiger partial charge in [0, 0.05) is 39.4 Å². The number of carbonyl (C=O) groups excluding carboxylic acids is 2. The van der Waals surface area contributed by atoms with Gasteiger partial charge in [-0.15, -0.1) is 0 Å². The number of Topliss-reactive ketones (excluding diaryl/α,β-unsaturated/α-hetero) is 2. The third kappa shape index (κ3) is 11.7. The molecule has 0 unspecified atom stereocenters. The lowest BCUT2D eigenvalue weighted by molar-refractivity contribution is -0.253. The Morgan fingerprint density at radius 1 is 0.800 bits per heavy atom. The van der Waals surface area contributed by atoms with Gasteiger partial charge in [0.15, 0.2) is 11.6 Å². The van der Waals surface area contributed by atoms with E-state index in [-0.39, 0.29) is 28.0 Å². The number of carbonyl (C=O) groups is 2. The second-order valence-electron chi connectivity index (χ2n) is 6.10. The van der Waals surface area contributed by atoms with Crippen molar-refractivity contribution in [2.45, 2.75) is 32.0 Å². The summed E-state index contributed by atoms with van der Waals surface area (Å²) < 4.78 is 105. The summed E-state index contributed by atoms with van der Waals surface area (Å²) in [5.41, 5.74) is 0.215. The van der Waals surface area contributed by atoms with E-state index in [4.69, 9.17) is 0 Å². The minimum absolute atomic E-state index is 0.00168. The predicted molar refractivity (Wildman–Crippen MR) is 122 cm³/mol. The molecule has 0 amide bonds. The fourth-order valence-electron chi connectivity index (χ4n) is 1.99. The predicted octanol–water partition coefficient (Wildman–Crippen LogP) is 8.32. The second kappa shape index (κ2) is 15.4. The Kier molecular flexibility index (Phi) is 14.6. The summed E-state index contributed by atoms with van der Waals surface area (Å²) in [7, 11) is 0. The zero-order valence-corrected chi connectivity index (χ0v) is 22.0. The van der Waals surface area contributed by atoms with Crippen LogP contribution < -0.4 is 9.47 Å². The fourth-order valence-corrected chi connectivity index (χ4v) is 2.32. The fraction of sp³-hybridized carbons (Fsp3) is 0.300. The Morgan fingerprint density at radius 2 is 1.17 bits per heavy atom. The van der Waals surface area contributed by atoms with Crippen LogP contribution in [0.1, 0.15) is 27.6 Å². The lowest BCUT2D eigenvalue weighted by Gasteiger charge is -2.16. The van der Waals surface area contributed by atoms with Gasteiger partial charge in [-0.2, -0.15) is 35.1 Å². The molecule has 0 N–H and O–H groups in total. The first-order valence-corrected chi connectivity index (χ1v) is 13.7. The molecule has 0 bridgehead atoms. The molecule has 0 fully saturated rings. The SMILES string of the molecule is BrBr.CC(=O)c1cccc(OC(F)(F)C(F)F)c1.O=C(CBr)c1cccc(OC(F)(F)C(F)F)c1. The van der Waals surface area contributed by atoms with E-state index in [1.165, 1.54) is 31.2 Å². The van der Waals surface area contributed by atoms with Crippen LogP contribution in [0.4, 0.5) is 35.1 Å². The third-order valence-electron chi connectivity index (χ3n) is 3.53. The summed E-state index contributed by atoms with van der Waals surface area (Å²) in [6.45, 7) is 1.23. The van der Waals surface area contributed by atoms with Gasteiger partial charge in [0.25, 0.3) is 0 Å². The maximum atomic E-state index is 12.6. The Bertz CT molecular complexity index is 961. The van der Waals surface area contributed by atoms with Gasteiger partial charge >= 0.3 is 25.1 Å². The molecule has 2 aromatic carbocycles. The molecular weight excluding hydrogens is 696 g/mol. The van der Waals surface area contributed by atoms with Crippen molar-refractivity contribution in [1.82, 2.24) is 0 Å². The van der Waals surface area contributed by atoms with Gasteiger partial charge in [-0.05, 0) is 31.2 Å². The van der Waals surface area contributed by atoms with E-state index in [0.717, 1.165) is 24.3 Å². The molecule has 35 heavy (non-hydrogen) atoms. The van der Waals surface area contributed by atoms with Gasteiger partial charge in [0.05, 0.1) is 5.33 Å². The number of hydrogen-bond donors (Lipinski definition) is 0. The minimum atomic E-state index is -4.57. The van der Waals surface area contributed by atoms with E-state index < -0.39 is 36.6 Å². The number of halogens is 11. The van der Waals surface area contributed by atoms with Crippen LogP contribution in [-0.2, 0) is 0 Å². The first kappa shape index (κ1) is 33.3. The second-order valence-corrected chi connectivity index (χ2v) is 6.66. The number of rotatable bonds is 9. The Labute approximate surface area is 217 Å². The van der Waals surface area contributed by atoms with Gasteiger partial charge in [-0.25, -0.2) is 0 Å². The van der Waals surface area contributed by atoms with Gasteiger partial charge in [-0.3, -0.25) is 9.59 Å². The minimum Gasteiger partial charge on any atom is -0.428 e. The first-order valence-electron chi connectivity index (χ1n) is 8.84. The largest absolute Gasteiger partial charge is 0.461 e. The number of benzene rings is 2. The van der Waals surface area contributed by atoms with E-state index in [1.54, 1.807) is 0 Å². The van der Waals surface area contributed by atoms with Crippen molar-refractivity contribution in [2.24, 2.45) is 0 Å². The van der Waals surface area contributed by atoms with Crippen LogP contribution in [-0.4, -0.2) is 42.0 Å². The molecule has 0 aromatic heterocycles. The summed E-state index contributed by atoms with van der Waals surface area (Å²) >= 11 is 8.40. The summed E-state index contributed by atoms with van der Waals surface area (Å²) in [5, 5.41) is 0.00168. The highest BCUT2D eigenvalue weighted by Gasteiger charge is 2.44. The molecule has 196 valence electrons.